The van der Waals surface area contributed by atoms with Gasteiger partial charge in [-0.15, -0.1) is 11.6 Å². The van der Waals surface area contributed by atoms with Crippen molar-refractivity contribution in [3.8, 4) is 0 Å². The molecule has 0 aliphatic carbocycles. The molecule has 0 bridgehead atoms. The van der Waals surface area contributed by atoms with Crippen LogP contribution in [-0.2, 0) is 19.1 Å². The van der Waals surface area contributed by atoms with E-state index in [-0.39, 0.29) is 48.6 Å². The summed E-state index contributed by atoms with van der Waals surface area (Å²) in [4.78, 5) is 52.5. The molecule has 0 saturated carbocycles. The van der Waals surface area contributed by atoms with Crippen molar-refractivity contribution in [2.45, 2.75) is 38.8 Å². The third-order valence-corrected chi connectivity index (χ3v) is 5.34. The molecule has 9 nitrogen and oxygen atoms in total. The van der Waals surface area contributed by atoms with Gasteiger partial charge in [0.25, 0.3) is 0 Å². The van der Waals surface area contributed by atoms with Crippen LogP contribution in [0.5, 0.6) is 0 Å². The summed E-state index contributed by atoms with van der Waals surface area (Å²) >= 11 is 5.69. The van der Waals surface area contributed by atoms with Gasteiger partial charge in [0.05, 0.1) is 18.5 Å². The van der Waals surface area contributed by atoms with E-state index in [0.29, 0.717) is 32.5 Å². The number of likely N-dealkylation sites (N-methyl/N-ethyl adjacent to an activating group) is 1. The lowest BCUT2D eigenvalue weighted by Gasteiger charge is -2.35. The maximum absolute atomic E-state index is 12.9. The second-order valence-electron chi connectivity index (χ2n) is 8.23. The summed E-state index contributed by atoms with van der Waals surface area (Å²) in [6.07, 6.45) is 0.220. The minimum Gasteiger partial charge on any atom is -0.443 e. The number of nitrogens with zero attached hydrogens (tertiary/aromatic N) is 2. The van der Waals surface area contributed by atoms with Crippen LogP contribution in [0, 0.1) is 11.8 Å². The lowest BCUT2D eigenvalue weighted by atomic mass is 9.99. The highest BCUT2D eigenvalue weighted by molar-refractivity contribution is 6.27. The molecule has 10 heteroatoms. The average Bonchev–Trinajstić information content (AvgIpc) is 3.02. The molecule has 2 aliphatic heterocycles. The smallest absolute Gasteiger partial charge is 0.408 e. The van der Waals surface area contributed by atoms with Gasteiger partial charge in [0, 0.05) is 26.2 Å². The number of ether oxygens (including phenoxy) is 1. The first-order valence-corrected chi connectivity index (χ1v) is 10.5. The van der Waals surface area contributed by atoms with Crippen molar-refractivity contribution in [3.05, 3.63) is 0 Å². The molecular weight excluding hydrogens is 400 g/mol. The molecule has 0 aromatic rings. The van der Waals surface area contributed by atoms with Gasteiger partial charge in [0.1, 0.15) is 12.0 Å². The van der Waals surface area contributed by atoms with Crippen LogP contribution >= 0.6 is 11.6 Å². The lowest BCUT2D eigenvalue weighted by Crippen LogP contribution is -2.54. The van der Waals surface area contributed by atoms with Gasteiger partial charge in [-0.25, -0.2) is 4.79 Å². The zero-order valence-electron chi connectivity index (χ0n) is 17.3. The Morgan fingerprint density at radius 1 is 1.34 bits per heavy atom. The Labute approximate surface area is 176 Å². The third kappa shape index (κ3) is 7.15. The van der Waals surface area contributed by atoms with E-state index < -0.39 is 18.0 Å². The molecule has 2 fully saturated rings. The maximum Gasteiger partial charge on any atom is 0.408 e. The van der Waals surface area contributed by atoms with Crippen LogP contribution in [0.3, 0.4) is 0 Å². The quantitative estimate of drug-likeness (QED) is 0.480. The molecule has 0 radical (unpaired) electrons. The van der Waals surface area contributed by atoms with Gasteiger partial charge in [-0.3, -0.25) is 19.3 Å². The van der Waals surface area contributed by atoms with E-state index in [0.717, 1.165) is 0 Å². The van der Waals surface area contributed by atoms with Crippen LogP contribution in [-0.4, -0.2) is 91.3 Å². The standard InChI is InChI=1S/C19H31ClN4O5/c1-12(2)6-15(22-19(28)29-14-9-23(3)10-14)16(25)11-24(17(26)7-20)8-13-4-5-21-18(13)27/h12-15H,4-11H2,1-3H3,(H,21,27)(H,22,28)/t13-,15-/m0/s1. The van der Waals surface area contributed by atoms with E-state index in [1.807, 2.05) is 25.8 Å². The molecule has 2 atom stereocenters. The first-order chi connectivity index (χ1) is 13.7. The first-order valence-electron chi connectivity index (χ1n) is 9.99. The second kappa shape index (κ2) is 10.8. The van der Waals surface area contributed by atoms with E-state index in [1.165, 1.54) is 4.90 Å². The summed E-state index contributed by atoms with van der Waals surface area (Å²) in [6, 6.07) is -0.775. The van der Waals surface area contributed by atoms with Crippen LogP contribution in [0.4, 0.5) is 4.79 Å². The van der Waals surface area contributed by atoms with Crippen molar-refractivity contribution in [2.24, 2.45) is 11.8 Å². The SMILES string of the molecule is CC(C)C[C@H](NC(=O)OC1CN(C)C1)C(=O)CN(C[C@@H]1CCNC1=O)C(=O)CCl. The van der Waals surface area contributed by atoms with E-state index >= 15 is 0 Å². The van der Waals surface area contributed by atoms with Gasteiger partial charge in [0.15, 0.2) is 5.78 Å². The summed E-state index contributed by atoms with van der Waals surface area (Å²) in [7, 11) is 1.93. The number of nitrogens with one attached hydrogen (secondary N) is 2. The number of halogens is 1. The number of alkyl halides is 1. The number of rotatable bonds is 10. The minimum absolute atomic E-state index is 0.129. The predicted octanol–water partition coefficient (Wildman–Crippen LogP) is 0.214. The second-order valence-corrected chi connectivity index (χ2v) is 8.49. The summed E-state index contributed by atoms with van der Waals surface area (Å²) in [5.74, 6) is -1.33. The number of hydrogen-bond acceptors (Lipinski definition) is 6. The van der Waals surface area contributed by atoms with Crippen molar-refractivity contribution in [1.29, 1.82) is 0 Å². The van der Waals surface area contributed by atoms with Crippen LogP contribution in [0.15, 0.2) is 0 Å². The summed E-state index contributed by atoms with van der Waals surface area (Å²) in [5, 5.41) is 5.37. The van der Waals surface area contributed by atoms with Crippen LogP contribution < -0.4 is 10.6 Å². The third-order valence-electron chi connectivity index (χ3n) is 5.11. The molecule has 2 saturated heterocycles. The largest absolute Gasteiger partial charge is 0.443 e. The predicted molar refractivity (Wildman–Crippen MR) is 108 cm³/mol. The Kier molecular flexibility index (Phi) is 8.70. The normalized spacial score (nSPS) is 20.7. The van der Waals surface area contributed by atoms with Gasteiger partial charge in [-0.2, -0.15) is 0 Å². The number of alkyl carbamates (subject to hydrolysis) is 1. The highest BCUT2D eigenvalue weighted by atomic mass is 35.5. The molecule has 0 aromatic heterocycles. The number of carbonyl (C=O) groups is 4. The Hall–Kier alpha value is -1.87. The van der Waals surface area contributed by atoms with Crippen molar-refractivity contribution in [1.82, 2.24) is 20.4 Å². The minimum atomic E-state index is -0.775. The Morgan fingerprint density at radius 2 is 2.03 bits per heavy atom. The molecule has 2 aliphatic rings. The number of likely N-dealkylation sites (tertiary alicyclic amines) is 1. The van der Waals surface area contributed by atoms with E-state index in [2.05, 4.69) is 10.6 Å². The molecule has 2 heterocycles. The van der Waals surface area contributed by atoms with Gasteiger partial charge >= 0.3 is 6.09 Å². The molecule has 2 N–H and O–H groups in total. The average molecular weight is 431 g/mol. The molecule has 2 rings (SSSR count). The van der Waals surface area contributed by atoms with Crippen molar-refractivity contribution in [2.75, 3.05) is 45.7 Å². The highest BCUT2D eigenvalue weighted by Crippen LogP contribution is 2.14. The van der Waals surface area contributed by atoms with Crippen LogP contribution in [0.1, 0.15) is 26.7 Å². The molecule has 29 heavy (non-hydrogen) atoms. The summed E-state index contributed by atoms with van der Waals surface area (Å²) in [5.41, 5.74) is 0. The number of amides is 3. The number of Topliss-reactive ketones (excluding diaryl/α,β-unsaturated/α-hetero) is 1. The first kappa shape index (κ1) is 23.4. The maximum atomic E-state index is 12.9. The zero-order valence-corrected chi connectivity index (χ0v) is 18.0. The fourth-order valence-electron chi connectivity index (χ4n) is 3.51. The molecule has 0 spiro atoms. The molecule has 164 valence electrons. The van der Waals surface area contributed by atoms with Crippen molar-refractivity contribution < 1.29 is 23.9 Å². The molecule has 0 aromatic carbocycles. The summed E-state index contributed by atoms with van der Waals surface area (Å²) < 4.78 is 5.32. The van der Waals surface area contributed by atoms with E-state index in [1.54, 1.807) is 0 Å². The number of carbonyl (C=O) groups excluding carboxylic acids is 4. The Morgan fingerprint density at radius 3 is 2.55 bits per heavy atom. The summed E-state index contributed by atoms with van der Waals surface area (Å²) in [6.45, 7) is 5.70. The van der Waals surface area contributed by atoms with Crippen LogP contribution in [0.25, 0.3) is 0 Å². The van der Waals surface area contributed by atoms with Crippen LogP contribution in [0.2, 0.25) is 0 Å². The topological polar surface area (TPSA) is 108 Å². The highest BCUT2D eigenvalue weighted by Gasteiger charge is 2.32. The van der Waals surface area contributed by atoms with Crippen molar-refractivity contribution in [3.63, 3.8) is 0 Å². The fourth-order valence-corrected chi connectivity index (χ4v) is 3.68. The van der Waals surface area contributed by atoms with Crippen molar-refractivity contribution >= 4 is 35.3 Å². The van der Waals surface area contributed by atoms with Gasteiger partial charge in [-0.1, -0.05) is 13.8 Å². The monoisotopic (exact) mass is 430 g/mol. The van der Waals surface area contributed by atoms with Gasteiger partial charge in [0.2, 0.25) is 11.8 Å². The Balaban J connectivity index is 1.97. The number of ketones is 1. The fraction of sp³-hybridized carbons (Fsp3) is 0.789. The van der Waals surface area contributed by atoms with Gasteiger partial charge in [-0.05, 0) is 25.8 Å². The van der Waals surface area contributed by atoms with E-state index in [9.17, 15) is 19.2 Å². The molecular formula is C19H31ClN4O5. The van der Waals surface area contributed by atoms with E-state index in [4.69, 9.17) is 16.3 Å². The molecule has 3 amide bonds. The molecule has 0 unspecified atom stereocenters. The number of hydrogen-bond donors (Lipinski definition) is 2. The Bertz CT molecular complexity index is 624. The zero-order chi connectivity index (χ0) is 21.6. The lowest BCUT2D eigenvalue weighted by molar-refractivity contribution is -0.135. The van der Waals surface area contributed by atoms with Gasteiger partial charge < -0.3 is 20.3 Å².